The van der Waals surface area contributed by atoms with Crippen molar-refractivity contribution in [2.24, 2.45) is 0 Å². The van der Waals surface area contributed by atoms with Gasteiger partial charge in [0.15, 0.2) is 0 Å². The first-order valence-corrected chi connectivity index (χ1v) is 6.14. The normalized spacial score (nSPS) is 12.5. The molecule has 17 heavy (non-hydrogen) atoms. The van der Waals surface area contributed by atoms with Gasteiger partial charge in [-0.3, -0.25) is 4.98 Å². The summed E-state index contributed by atoms with van der Waals surface area (Å²) in [5, 5.41) is 0. The number of nitrogens with zero attached hydrogens (tertiary/aromatic N) is 1. The highest BCUT2D eigenvalue weighted by molar-refractivity contribution is 5.79. The van der Waals surface area contributed by atoms with Crippen LogP contribution in [0.25, 0.3) is 11.1 Å². The minimum absolute atomic E-state index is 1.08. The number of pyridine rings is 1. The molecule has 0 amide bonds. The molecule has 0 unspecified atom stereocenters. The lowest BCUT2D eigenvalue weighted by molar-refractivity contribution is 1.10. The highest BCUT2D eigenvalue weighted by atomic mass is 14.7. The molecule has 1 aliphatic rings. The molecular weight excluding hydrogens is 206 g/mol. The molecule has 86 valence electrons. The minimum atomic E-state index is 1.08. The smallest absolute Gasteiger partial charge is 0.0405 e. The van der Waals surface area contributed by atoms with Crippen molar-refractivity contribution >= 4 is 0 Å². The molecule has 1 aliphatic carbocycles. The summed E-state index contributed by atoms with van der Waals surface area (Å²) in [5.41, 5.74) is 11.0. The summed E-state index contributed by atoms with van der Waals surface area (Å²) in [6, 6.07) is 4.47. The molecule has 0 bridgehead atoms. The zero-order chi connectivity index (χ0) is 12.2. The average Bonchev–Trinajstić information content (AvgIpc) is 2.69. The van der Waals surface area contributed by atoms with E-state index in [1.807, 2.05) is 6.20 Å². The summed E-state index contributed by atoms with van der Waals surface area (Å²) >= 11 is 0. The van der Waals surface area contributed by atoms with Crippen LogP contribution in [0.4, 0.5) is 0 Å². The molecular formula is C16H17N. The van der Waals surface area contributed by atoms with Gasteiger partial charge in [-0.2, -0.15) is 0 Å². The quantitative estimate of drug-likeness (QED) is 0.563. The maximum atomic E-state index is 4.50. The first-order valence-electron chi connectivity index (χ1n) is 6.14. The van der Waals surface area contributed by atoms with Crippen LogP contribution in [0.5, 0.6) is 0 Å². The summed E-state index contributed by atoms with van der Waals surface area (Å²) in [6.45, 7) is 8.70. The molecule has 3 rings (SSSR count). The van der Waals surface area contributed by atoms with Crippen molar-refractivity contribution in [3.8, 4) is 11.1 Å². The van der Waals surface area contributed by atoms with Crippen LogP contribution in [0.2, 0.25) is 0 Å². The number of hydrogen-bond donors (Lipinski definition) is 0. The van der Waals surface area contributed by atoms with Crippen molar-refractivity contribution < 1.29 is 0 Å². The van der Waals surface area contributed by atoms with Crippen LogP contribution >= 0.6 is 0 Å². The molecule has 0 radical (unpaired) electrons. The zero-order valence-corrected chi connectivity index (χ0v) is 10.9. The fourth-order valence-electron chi connectivity index (χ4n) is 2.75. The van der Waals surface area contributed by atoms with E-state index in [4.69, 9.17) is 0 Å². The summed E-state index contributed by atoms with van der Waals surface area (Å²) < 4.78 is 0. The van der Waals surface area contributed by atoms with Crippen molar-refractivity contribution in [1.29, 1.82) is 0 Å². The van der Waals surface area contributed by atoms with Crippen LogP contribution < -0.4 is 0 Å². The second-order valence-electron chi connectivity index (χ2n) is 5.07. The SMILES string of the molecule is Cc1ccc2c(c1C)Cc1c-2cnc(C)c1C. The average molecular weight is 223 g/mol. The number of aromatic nitrogens is 1. The van der Waals surface area contributed by atoms with Crippen LogP contribution in [-0.4, -0.2) is 4.98 Å². The van der Waals surface area contributed by atoms with Gasteiger partial charge >= 0.3 is 0 Å². The number of rotatable bonds is 0. The number of fused-ring (bicyclic) bond motifs is 3. The molecule has 1 nitrogen and oxygen atoms in total. The Morgan fingerprint density at radius 2 is 1.59 bits per heavy atom. The van der Waals surface area contributed by atoms with Crippen molar-refractivity contribution in [3.05, 3.63) is 51.8 Å². The van der Waals surface area contributed by atoms with Gasteiger partial charge in [0.1, 0.15) is 0 Å². The Bertz CT molecular complexity index is 568. The maximum absolute atomic E-state index is 4.50. The minimum Gasteiger partial charge on any atom is -0.261 e. The van der Waals surface area contributed by atoms with Gasteiger partial charge in [0, 0.05) is 17.5 Å². The molecule has 0 N–H and O–H groups in total. The van der Waals surface area contributed by atoms with E-state index >= 15 is 0 Å². The molecule has 1 heterocycles. The molecule has 0 spiro atoms. The monoisotopic (exact) mass is 223 g/mol. The van der Waals surface area contributed by atoms with Gasteiger partial charge < -0.3 is 0 Å². The molecule has 1 heteroatoms. The van der Waals surface area contributed by atoms with Crippen LogP contribution in [0, 0.1) is 27.7 Å². The second-order valence-corrected chi connectivity index (χ2v) is 5.07. The summed E-state index contributed by atoms with van der Waals surface area (Å²) in [7, 11) is 0. The molecule has 0 saturated carbocycles. The Balaban J connectivity index is 2.31. The third-order valence-electron chi connectivity index (χ3n) is 4.22. The third-order valence-corrected chi connectivity index (χ3v) is 4.22. The standard InChI is InChI=1S/C16H17N/c1-9-5-6-13-14(10(9)2)7-15-11(3)12(4)17-8-16(13)15/h5-6,8H,7H2,1-4H3. The molecule has 1 aromatic carbocycles. The zero-order valence-electron chi connectivity index (χ0n) is 10.9. The first-order chi connectivity index (χ1) is 8.09. The number of benzene rings is 1. The van der Waals surface area contributed by atoms with E-state index in [0.29, 0.717) is 0 Å². The lowest BCUT2D eigenvalue weighted by Gasteiger charge is -2.07. The molecule has 0 fully saturated rings. The number of hydrogen-bond acceptors (Lipinski definition) is 1. The summed E-state index contributed by atoms with van der Waals surface area (Å²) in [4.78, 5) is 4.50. The van der Waals surface area contributed by atoms with Crippen molar-refractivity contribution in [1.82, 2.24) is 4.98 Å². The lowest BCUT2D eigenvalue weighted by atomic mass is 9.98. The predicted molar refractivity (Wildman–Crippen MR) is 71.4 cm³/mol. The fourth-order valence-corrected chi connectivity index (χ4v) is 2.75. The Morgan fingerprint density at radius 1 is 0.882 bits per heavy atom. The fraction of sp³-hybridized carbons (Fsp3) is 0.312. The van der Waals surface area contributed by atoms with Crippen molar-refractivity contribution in [3.63, 3.8) is 0 Å². The molecule has 0 atom stereocenters. The molecule has 0 aliphatic heterocycles. The van der Waals surface area contributed by atoms with E-state index in [1.54, 1.807) is 0 Å². The highest BCUT2D eigenvalue weighted by Crippen LogP contribution is 2.40. The van der Waals surface area contributed by atoms with E-state index in [1.165, 1.54) is 38.9 Å². The van der Waals surface area contributed by atoms with Gasteiger partial charge in [-0.15, -0.1) is 0 Å². The summed E-state index contributed by atoms with van der Waals surface area (Å²) in [5.74, 6) is 0. The predicted octanol–water partition coefficient (Wildman–Crippen LogP) is 3.89. The van der Waals surface area contributed by atoms with Crippen LogP contribution in [-0.2, 0) is 6.42 Å². The number of aryl methyl sites for hydroxylation is 2. The van der Waals surface area contributed by atoms with Gasteiger partial charge in [-0.05, 0) is 67.5 Å². The Labute approximate surface area is 103 Å². The van der Waals surface area contributed by atoms with Crippen LogP contribution in [0.15, 0.2) is 18.3 Å². The molecule has 0 saturated heterocycles. The third kappa shape index (κ3) is 1.35. The largest absolute Gasteiger partial charge is 0.261 e. The molecule has 1 aromatic heterocycles. The Morgan fingerprint density at radius 3 is 2.35 bits per heavy atom. The Kier molecular flexibility index (Phi) is 2.12. The highest BCUT2D eigenvalue weighted by Gasteiger charge is 2.23. The van der Waals surface area contributed by atoms with E-state index in [0.717, 1.165) is 12.1 Å². The Hall–Kier alpha value is -1.63. The second kappa shape index (κ2) is 3.43. The van der Waals surface area contributed by atoms with Crippen molar-refractivity contribution in [2.45, 2.75) is 34.1 Å². The van der Waals surface area contributed by atoms with Gasteiger partial charge in [-0.25, -0.2) is 0 Å². The van der Waals surface area contributed by atoms with E-state index in [9.17, 15) is 0 Å². The van der Waals surface area contributed by atoms with E-state index in [-0.39, 0.29) is 0 Å². The van der Waals surface area contributed by atoms with Crippen LogP contribution in [0.1, 0.15) is 33.5 Å². The van der Waals surface area contributed by atoms with E-state index < -0.39 is 0 Å². The lowest BCUT2D eigenvalue weighted by Crippen LogP contribution is -1.93. The van der Waals surface area contributed by atoms with Gasteiger partial charge in [-0.1, -0.05) is 12.1 Å². The first kappa shape index (κ1) is 10.5. The maximum Gasteiger partial charge on any atom is 0.0405 e. The summed E-state index contributed by atoms with van der Waals surface area (Å²) in [6.07, 6.45) is 3.12. The topological polar surface area (TPSA) is 12.9 Å². The van der Waals surface area contributed by atoms with Crippen molar-refractivity contribution in [2.75, 3.05) is 0 Å². The van der Waals surface area contributed by atoms with Gasteiger partial charge in [0.2, 0.25) is 0 Å². The molecule has 2 aromatic rings. The van der Waals surface area contributed by atoms with Crippen LogP contribution in [0.3, 0.4) is 0 Å². The van der Waals surface area contributed by atoms with Gasteiger partial charge in [0.05, 0.1) is 0 Å². The van der Waals surface area contributed by atoms with Gasteiger partial charge in [0.25, 0.3) is 0 Å². The van der Waals surface area contributed by atoms with E-state index in [2.05, 4.69) is 44.8 Å².